The van der Waals surface area contributed by atoms with Crippen LogP contribution < -0.4 is 10.5 Å². The average Bonchev–Trinajstić information content (AvgIpc) is 2.25. The maximum atomic E-state index is 5.64. The largest absolute Gasteiger partial charge is 0.496 e. The molecule has 0 aliphatic rings. The molecule has 0 fully saturated rings. The summed E-state index contributed by atoms with van der Waals surface area (Å²) in [5.74, 6) is 1.51. The summed E-state index contributed by atoms with van der Waals surface area (Å²) in [6, 6.07) is 4.19. The lowest BCUT2D eigenvalue weighted by molar-refractivity contribution is 0.411. The zero-order valence-corrected chi connectivity index (χ0v) is 10.1. The molecule has 0 aromatic heterocycles. The number of hydrogen-bond donors (Lipinski definition) is 1. The molecule has 1 atom stereocenters. The summed E-state index contributed by atoms with van der Waals surface area (Å²) in [5, 5.41) is 0. The van der Waals surface area contributed by atoms with Gasteiger partial charge in [0.2, 0.25) is 0 Å². The maximum absolute atomic E-state index is 5.64. The van der Waals surface area contributed by atoms with E-state index < -0.39 is 0 Å². The van der Waals surface area contributed by atoms with Crippen LogP contribution in [0.1, 0.15) is 23.6 Å². The smallest absolute Gasteiger partial charge is 0.122 e. The van der Waals surface area contributed by atoms with E-state index in [-0.39, 0.29) is 0 Å². The molecule has 0 saturated heterocycles. The molecule has 0 heterocycles. The average molecular weight is 207 g/mol. The highest BCUT2D eigenvalue weighted by Crippen LogP contribution is 2.25. The third kappa shape index (κ3) is 2.72. The highest BCUT2D eigenvalue weighted by Gasteiger charge is 2.08. The molecule has 1 rings (SSSR count). The molecule has 2 nitrogen and oxygen atoms in total. The van der Waals surface area contributed by atoms with Crippen LogP contribution in [0.25, 0.3) is 0 Å². The van der Waals surface area contributed by atoms with E-state index in [1.165, 1.54) is 16.7 Å². The van der Waals surface area contributed by atoms with Gasteiger partial charge in [0.1, 0.15) is 5.75 Å². The van der Waals surface area contributed by atoms with Gasteiger partial charge in [0.05, 0.1) is 7.11 Å². The van der Waals surface area contributed by atoms with E-state index in [0.29, 0.717) is 5.92 Å². The first-order valence-corrected chi connectivity index (χ1v) is 5.43. The number of benzene rings is 1. The summed E-state index contributed by atoms with van der Waals surface area (Å²) in [4.78, 5) is 0. The van der Waals surface area contributed by atoms with E-state index in [0.717, 1.165) is 18.7 Å². The Morgan fingerprint density at radius 2 is 1.93 bits per heavy atom. The predicted octanol–water partition coefficient (Wildman–Crippen LogP) is 2.45. The fourth-order valence-corrected chi connectivity index (χ4v) is 1.75. The quantitative estimate of drug-likeness (QED) is 0.823. The van der Waals surface area contributed by atoms with Crippen LogP contribution >= 0.6 is 0 Å². The molecular weight excluding hydrogens is 186 g/mol. The lowest BCUT2D eigenvalue weighted by atomic mass is 9.94. The second kappa shape index (κ2) is 5.17. The Bertz CT molecular complexity index is 334. The number of ether oxygens (including phenoxy) is 1. The van der Waals surface area contributed by atoms with Crippen molar-refractivity contribution in [2.24, 2.45) is 11.7 Å². The zero-order chi connectivity index (χ0) is 11.4. The summed E-state index contributed by atoms with van der Waals surface area (Å²) >= 11 is 0. The van der Waals surface area contributed by atoms with Crippen molar-refractivity contribution in [1.82, 2.24) is 0 Å². The number of methoxy groups -OCH3 is 1. The van der Waals surface area contributed by atoms with E-state index >= 15 is 0 Å². The second-order valence-electron chi connectivity index (χ2n) is 4.22. The fraction of sp³-hybridized carbons (Fsp3) is 0.538. The van der Waals surface area contributed by atoms with Gasteiger partial charge in [-0.25, -0.2) is 0 Å². The van der Waals surface area contributed by atoms with Crippen molar-refractivity contribution in [3.05, 3.63) is 28.8 Å². The molecule has 1 aromatic carbocycles. The van der Waals surface area contributed by atoms with E-state index in [1.807, 2.05) is 6.07 Å². The number of rotatable bonds is 4. The Kier molecular flexibility index (Phi) is 4.15. The van der Waals surface area contributed by atoms with Gasteiger partial charge < -0.3 is 10.5 Å². The van der Waals surface area contributed by atoms with Gasteiger partial charge in [0.15, 0.2) is 0 Å². The maximum Gasteiger partial charge on any atom is 0.122 e. The third-order valence-corrected chi connectivity index (χ3v) is 3.04. The summed E-state index contributed by atoms with van der Waals surface area (Å²) in [6.07, 6.45) is 1.05. The summed E-state index contributed by atoms with van der Waals surface area (Å²) in [7, 11) is 1.71. The van der Waals surface area contributed by atoms with Crippen LogP contribution in [-0.4, -0.2) is 13.7 Å². The molecule has 1 aromatic rings. The van der Waals surface area contributed by atoms with Gasteiger partial charge in [-0.3, -0.25) is 0 Å². The SMILES string of the molecule is COc1ccc(CC(C)CN)c(C)c1C. The first-order valence-electron chi connectivity index (χ1n) is 5.43. The molecule has 1 unspecified atom stereocenters. The molecule has 15 heavy (non-hydrogen) atoms. The molecule has 2 heteroatoms. The number of hydrogen-bond acceptors (Lipinski definition) is 2. The van der Waals surface area contributed by atoms with Crippen LogP contribution in [0.3, 0.4) is 0 Å². The molecule has 0 radical (unpaired) electrons. The Labute approximate surface area is 92.4 Å². The van der Waals surface area contributed by atoms with Crippen molar-refractivity contribution in [3.63, 3.8) is 0 Å². The first-order chi connectivity index (χ1) is 7.10. The zero-order valence-electron chi connectivity index (χ0n) is 10.1. The summed E-state index contributed by atoms with van der Waals surface area (Å²) in [5.41, 5.74) is 9.58. The highest BCUT2D eigenvalue weighted by molar-refractivity contribution is 5.43. The van der Waals surface area contributed by atoms with Crippen molar-refractivity contribution in [3.8, 4) is 5.75 Å². The first kappa shape index (κ1) is 12.1. The Morgan fingerprint density at radius 1 is 1.27 bits per heavy atom. The van der Waals surface area contributed by atoms with Crippen molar-refractivity contribution in [1.29, 1.82) is 0 Å². The van der Waals surface area contributed by atoms with Crippen molar-refractivity contribution >= 4 is 0 Å². The lowest BCUT2D eigenvalue weighted by Crippen LogP contribution is -2.14. The molecule has 2 N–H and O–H groups in total. The van der Waals surface area contributed by atoms with Gasteiger partial charge in [0, 0.05) is 0 Å². The van der Waals surface area contributed by atoms with Crippen LogP contribution in [0, 0.1) is 19.8 Å². The molecule has 0 amide bonds. The van der Waals surface area contributed by atoms with Gasteiger partial charge in [0.25, 0.3) is 0 Å². The summed E-state index contributed by atoms with van der Waals surface area (Å²) in [6.45, 7) is 7.17. The van der Waals surface area contributed by atoms with Gasteiger partial charge in [-0.2, -0.15) is 0 Å². The molecule has 0 bridgehead atoms. The van der Waals surface area contributed by atoms with Gasteiger partial charge in [-0.15, -0.1) is 0 Å². The van der Waals surface area contributed by atoms with Crippen LogP contribution in [0.5, 0.6) is 5.75 Å². The van der Waals surface area contributed by atoms with Crippen molar-refractivity contribution < 1.29 is 4.74 Å². The standard InChI is InChI=1S/C13H21NO/c1-9(8-14)7-12-5-6-13(15-4)11(3)10(12)2/h5-6,9H,7-8,14H2,1-4H3. The molecule has 84 valence electrons. The minimum absolute atomic E-state index is 0.538. The number of nitrogens with two attached hydrogens (primary N) is 1. The lowest BCUT2D eigenvalue weighted by Gasteiger charge is -2.15. The Hall–Kier alpha value is -1.02. The molecule has 0 saturated carbocycles. The normalized spacial score (nSPS) is 12.6. The molecule has 0 aliphatic carbocycles. The molecule has 0 aliphatic heterocycles. The molecular formula is C13H21NO. The van der Waals surface area contributed by atoms with Gasteiger partial charge in [-0.05, 0) is 55.5 Å². The van der Waals surface area contributed by atoms with Crippen LogP contribution in [0.4, 0.5) is 0 Å². The third-order valence-electron chi connectivity index (χ3n) is 3.04. The van der Waals surface area contributed by atoms with Crippen LogP contribution in [0.15, 0.2) is 12.1 Å². The fourth-order valence-electron chi connectivity index (χ4n) is 1.75. The topological polar surface area (TPSA) is 35.2 Å². The van der Waals surface area contributed by atoms with Crippen molar-refractivity contribution in [2.75, 3.05) is 13.7 Å². The van der Waals surface area contributed by atoms with E-state index in [2.05, 4.69) is 26.8 Å². The van der Waals surface area contributed by atoms with Gasteiger partial charge in [-0.1, -0.05) is 13.0 Å². The van der Waals surface area contributed by atoms with E-state index in [1.54, 1.807) is 7.11 Å². The van der Waals surface area contributed by atoms with Crippen LogP contribution in [0.2, 0.25) is 0 Å². The Balaban J connectivity index is 2.96. The van der Waals surface area contributed by atoms with Crippen LogP contribution in [-0.2, 0) is 6.42 Å². The summed E-state index contributed by atoms with van der Waals surface area (Å²) < 4.78 is 5.29. The second-order valence-corrected chi connectivity index (χ2v) is 4.22. The predicted molar refractivity (Wildman–Crippen MR) is 64.4 cm³/mol. The minimum Gasteiger partial charge on any atom is -0.496 e. The van der Waals surface area contributed by atoms with E-state index in [9.17, 15) is 0 Å². The molecule has 0 spiro atoms. The monoisotopic (exact) mass is 207 g/mol. The van der Waals surface area contributed by atoms with E-state index in [4.69, 9.17) is 10.5 Å². The highest BCUT2D eigenvalue weighted by atomic mass is 16.5. The minimum atomic E-state index is 0.538. The van der Waals surface area contributed by atoms with Gasteiger partial charge >= 0.3 is 0 Å². The van der Waals surface area contributed by atoms with Crippen molar-refractivity contribution in [2.45, 2.75) is 27.2 Å². The Morgan fingerprint density at radius 3 is 2.47 bits per heavy atom.